The summed E-state index contributed by atoms with van der Waals surface area (Å²) in [7, 11) is -4.99. The first-order chi connectivity index (χ1) is 15.7. The summed E-state index contributed by atoms with van der Waals surface area (Å²) in [6, 6.07) is -2.84. The maximum absolute atomic E-state index is 13.0. The highest BCUT2D eigenvalue weighted by Gasteiger charge is 2.55. The zero-order chi connectivity index (χ0) is 25.4. The normalized spacial score (nSPS) is 21.2. The van der Waals surface area contributed by atoms with Crippen molar-refractivity contribution in [2.45, 2.75) is 31.5 Å². The number of nitrogens with two attached hydrogens (primary N) is 1. The molecule has 2 aliphatic rings. The van der Waals surface area contributed by atoms with Crippen molar-refractivity contribution in [2.24, 2.45) is 5.16 Å². The van der Waals surface area contributed by atoms with E-state index in [9.17, 15) is 37.3 Å². The highest BCUT2D eigenvalue weighted by Crippen LogP contribution is 2.26. The lowest BCUT2D eigenvalue weighted by molar-refractivity contribution is -0.161. The van der Waals surface area contributed by atoms with Crippen molar-refractivity contribution in [2.75, 3.05) is 25.4 Å². The highest BCUT2D eigenvalue weighted by atomic mass is 32.2. The minimum Gasteiger partial charge on any atom is -0.478 e. The first-order valence-corrected chi connectivity index (χ1v) is 11.7. The van der Waals surface area contributed by atoms with Crippen molar-refractivity contribution in [1.29, 1.82) is 0 Å². The molecule has 2 aliphatic heterocycles. The number of carbonyl (C=O) groups excluding carboxylic acids is 3. The van der Waals surface area contributed by atoms with Crippen molar-refractivity contribution < 1.29 is 46.8 Å². The lowest BCUT2D eigenvalue weighted by Crippen LogP contribution is -2.74. The molecule has 2 fully saturated rings. The van der Waals surface area contributed by atoms with Crippen LogP contribution in [0, 0.1) is 0 Å². The molecule has 2 atom stereocenters. The maximum atomic E-state index is 13.0. The largest absolute Gasteiger partial charge is 0.478 e. The molecule has 0 radical (unpaired) electrons. The second-order valence-electron chi connectivity index (χ2n) is 7.61. The van der Waals surface area contributed by atoms with E-state index in [0.717, 1.165) is 16.2 Å². The molecule has 3 amide bonds. The van der Waals surface area contributed by atoms with Gasteiger partial charge in [0.15, 0.2) is 10.8 Å². The number of hydrogen-bond acceptors (Lipinski definition) is 12. The van der Waals surface area contributed by atoms with Gasteiger partial charge in [-0.15, -0.1) is 11.3 Å². The van der Waals surface area contributed by atoms with Gasteiger partial charge in [0.1, 0.15) is 18.3 Å². The highest BCUT2D eigenvalue weighted by molar-refractivity contribution is 7.84. The van der Waals surface area contributed by atoms with Gasteiger partial charge in [-0.3, -0.25) is 14.1 Å². The number of cyclic esters (lactones) is 1. The van der Waals surface area contributed by atoms with Crippen LogP contribution in [0.2, 0.25) is 0 Å². The average molecular weight is 521 g/mol. The Bertz CT molecular complexity index is 1160. The predicted octanol–water partition coefficient (Wildman–Crippen LogP) is -1.74. The van der Waals surface area contributed by atoms with E-state index in [0.29, 0.717) is 0 Å². The molecule has 34 heavy (non-hydrogen) atoms. The molecule has 0 aromatic carbocycles. The minimum atomic E-state index is -4.99. The first kappa shape index (κ1) is 25.1. The van der Waals surface area contributed by atoms with Crippen molar-refractivity contribution in [1.82, 2.24) is 19.5 Å². The number of carbonyl (C=O) groups is 4. The van der Waals surface area contributed by atoms with Crippen LogP contribution in [0.4, 0.5) is 9.93 Å². The van der Waals surface area contributed by atoms with Crippen LogP contribution in [0.5, 0.6) is 0 Å². The molecule has 18 heteroatoms. The number of β-lactam (4-membered cyclic amide) rings is 1. The maximum Gasteiger partial charge on any atom is 0.410 e. The summed E-state index contributed by atoms with van der Waals surface area (Å²) in [5, 5.41) is 16.4. The van der Waals surface area contributed by atoms with Crippen LogP contribution >= 0.6 is 11.3 Å². The van der Waals surface area contributed by atoms with E-state index in [-0.39, 0.29) is 34.8 Å². The van der Waals surface area contributed by atoms with Gasteiger partial charge >= 0.3 is 22.4 Å². The number of aromatic nitrogens is 1. The van der Waals surface area contributed by atoms with Crippen LogP contribution in [0.1, 0.15) is 19.5 Å². The molecule has 0 saturated carbocycles. The number of ether oxygens (including phenoxy) is 1. The molecule has 16 nitrogen and oxygen atoms in total. The topological polar surface area (TPSA) is 231 Å². The summed E-state index contributed by atoms with van der Waals surface area (Å²) in [6.07, 6.45) is -0.760. The van der Waals surface area contributed by atoms with Gasteiger partial charge < -0.3 is 30.6 Å². The van der Waals surface area contributed by atoms with Crippen molar-refractivity contribution in [3.05, 3.63) is 11.1 Å². The average Bonchev–Trinajstić information content (AvgIpc) is 3.32. The number of anilines is 1. The fourth-order valence-corrected chi connectivity index (χ4v) is 4.39. The van der Waals surface area contributed by atoms with E-state index in [2.05, 4.69) is 15.5 Å². The van der Waals surface area contributed by atoms with Crippen molar-refractivity contribution in [3.8, 4) is 0 Å². The number of carboxylic acid groups (broad SMARTS) is 1. The lowest BCUT2D eigenvalue weighted by atomic mass is 9.97. The summed E-state index contributed by atoms with van der Waals surface area (Å²) in [4.78, 5) is 58.4. The Balaban J connectivity index is 1.87. The van der Waals surface area contributed by atoms with Crippen LogP contribution in [0.25, 0.3) is 0 Å². The summed E-state index contributed by atoms with van der Waals surface area (Å²) < 4.78 is 37.6. The standard InChI is InChI=1S/C16H20N6O10S2/c1-16(2,13(25)26)32-20-9(7-6-33-14(17)18-7)11(23)19-10-8(5-21-3-4-31-15(21)27)22(12(10)24)34(28,29)30/h6,8,10H,3-5H2,1-2H3,(H2,17,18)(H,19,23)(H,25,26)(H,28,29,30)/t8-,10-/m0/s1. The zero-order valence-electron chi connectivity index (χ0n) is 17.7. The Morgan fingerprint density at radius 3 is 2.62 bits per heavy atom. The molecule has 186 valence electrons. The molecule has 3 rings (SSSR count). The van der Waals surface area contributed by atoms with Gasteiger partial charge in [0.25, 0.3) is 11.8 Å². The summed E-state index contributed by atoms with van der Waals surface area (Å²) in [5.41, 5.74) is 3.11. The van der Waals surface area contributed by atoms with Crippen LogP contribution in [-0.4, -0.2) is 99.2 Å². The van der Waals surface area contributed by atoms with Crippen LogP contribution < -0.4 is 11.1 Å². The van der Waals surface area contributed by atoms with Gasteiger partial charge in [0.2, 0.25) is 5.60 Å². The number of carboxylic acids is 1. The van der Waals surface area contributed by atoms with E-state index in [1.165, 1.54) is 19.2 Å². The first-order valence-electron chi connectivity index (χ1n) is 9.46. The number of amides is 3. The third-order valence-corrected chi connectivity index (χ3v) is 6.44. The van der Waals surface area contributed by atoms with Gasteiger partial charge in [0, 0.05) is 11.9 Å². The third kappa shape index (κ3) is 5.02. The second-order valence-corrected chi connectivity index (χ2v) is 9.79. The molecule has 0 spiro atoms. The smallest absolute Gasteiger partial charge is 0.410 e. The van der Waals surface area contributed by atoms with Crippen molar-refractivity contribution in [3.63, 3.8) is 0 Å². The molecule has 1 aromatic rings. The monoisotopic (exact) mass is 520 g/mol. The minimum absolute atomic E-state index is 0.0428. The molecular weight excluding hydrogens is 500 g/mol. The second kappa shape index (κ2) is 9.03. The summed E-state index contributed by atoms with van der Waals surface area (Å²) in [5.74, 6) is -3.63. The van der Waals surface area contributed by atoms with Gasteiger partial charge in [-0.25, -0.2) is 18.9 Å². The van der Waals surface area contributed by atoms with E-state index < -0.39 is 57.6 Å². The lowest BCUT2D eigenvalue weighted by Gasteiger charge is -2.45. The van der Waals surface area contributed by atoms with Gasteiger partial charge in [-0.2, -0.15) is 8.42 Å². The predicted molar refractivity (Wildman–Crippen MR) is 113 cm³/mol. The van der Waals surface area contributed by atoms with Crippen LogP contribution in [-0.2, 0) is 34.3 Å². The molecule has 3 heterocycles. The van der Waals surface area contributed by atoms with Gasteiger partial charge in [-0.05, 0) is 13.8 Å². The van der Waals surface area contributed by atoms with Gasteiger partial charge in [0.05, 0.1) is 12.6 Å². The number of hydrogen-bond donors (Lipinski definition) is 4. The SMILES string of the molecule is CC(C)(ON=C(C(=O)N[C@@H]1C(=O)N(S(=O)(=O)O)[C@H]1CN1CCOC1=O)c1csc(N)n1)C(=O)O. The van der Waals surface area contributed by atoms with E-state index >= 15 is 0 Å². The molecule has 1 aromatic heterocycles. The number of aliphatic carboxylic acids is 1. The summed E-state index contributed by atoms with van der Waals surface area (Å²) >= 11 is 0.943. The molecule has 0 aliphatic carbocycles. The number of nitrogen functional groups attached to an aromatic ring is 1. The van der Waals surface area contributed by atoms with Gasteiger partial charge in [-0.1, -0.05) is 5.16 Å². The Kier molecular flexibility index (Phi) is 6.67. The molecule has 5 N–H and O–H groups in total. The quantitative estimate of drug-likeness (QED) is 0.123. The number of oxime groups is 1. The molecular formula is C16H20N6O10S2. The zero-order valence-corrected chi connectivity index (χ0v) is 19.3. The van der Waals surface area contributed by atoms with E-state index in [1.807, 2.05) is 0 Å². The fraction of sp³-hybridized carbons (Fsp3) is 0.500. The van der Waals surface area contributed by atoms with Crippen LogP contribution in [0.3, 0.4) is 0 Å². The molecule has 0 unspecified atom stereocenters. The third-order valence-electron chi connectivity index (χ3n) is 4.82. The molecule has 2 saturated heterocycles. The Hall–Kier alpha value is -3.51. The Morgan fingerprint density at radius 1 is 1.44 bits per heavy atom. The molecule has 0 bridgehead atoms. The van der Waals surface area contributed by atoms with Crippen LogP contribution in [0.15, 0.2) is 10.5 Å². The number of thiazole rings is 1. The number of rotatable bonds is 9. The van der Waals surface area contributed by atoms with Crippen molar-refractivity contribution >= 4 is 56.4 Å². The number of nitrogens with zero attached hydrogens (tertiary/aromatic N) is 4. The van der Waals surface area contributed by atoms with E-state index in [1.54, 1.807) is 0 Å². The Labute approximate surface area is 196 Å². The Morgan fingerprint density at radius 2 is 2.12 bits per heavy atom. The summed E-state index contributed by atoms with van der Waals surface area (Å²) in [6.45, 7) is 2.13. The van der Waals surface area contributed by atoms with E-state index in [4.69, 9.17) is 15.3 Å². The number of nitrogens with one attached hydrogen (secondary N) is 1. The fourth-order valence-electron chi connectivity index (χ4n) is 2.97.